The number of benzene rings is 1. The summed E-state index contributed by atoms with van der Waals surface area (Å²) in [5.74, 6) is 0.907. The van der Waals surface area contributed by atoms with Crippen LogP contribution in [0.15, 0.2) is 48.8 Å². The van der Waals surface area contributed by atoms with Gasteiger partial charge < -0.3 is 9.88 Å². The monoisotopic (exact) mass is 252 g/mol. The Labute approximate surface area is 112 Å². The lowest BCUT2D eigenvalue weighted by atomic mass is 10.2. The van der Waals surface area contributed by atoms with Crippen LogP contribution in [0.25, 0.3) is 11.0 Å². The van der Waals surface area contributed by atoms with Crippen LogP contribution in [0.5, 0.6) is 0 Å². The zero-order valence-electron chi connectivity index (χ0n) is 10.9. The Morgan fingerprint density at radius 1 is 1.16 bits per heavy atom. The molecule has 2 heterocycles. The fraction of sp³-hybridized carbons (Fsp3) is 0.200. The third kappa shape index (κ3) is 2.42. The highest BCUT2D eigenvalue weighted by Gasteiger charge is 2.05. The second-order valence-electron chi connectivity index (χ2n) is 4.52. The van der Waals surface area contributed by atoms with Crippen molar-refractivity contribution in [2.24, 2.45) is 7.05 Å². The molecule has 3 aromatic rings. The van der Waals surface area contributed by atoms with Gasteiger partial charge in [-0.25, -0.2) is 4.98 Å². The zero-order chi connectivity index (χ0) is 13.1. The van der Waals surface area contributed by atoms with Crippen molar-refractivity contribution >= 4 is 17.0 Å². The highest BCUT2D eigenvalue weighted by molar-refractivity contribution is 5.78. The van der Waals surface area contributed by atoms with E-state index in [0.717, 1.165) is 29.9 Å². The molecule has 0 spiro atoms. The number of nitrogens with zero attached hydrogens (tertiary/aromatic N) is 3. The molecule has 3 rings (SSSR count). The Balaban J connectivity index is 1.70. The van der Waals surface area contributed by atoms with Crippen LogP contribution in [0.3, 0.4) is 0 Å². The molecule has 0 amide bonds. The van der Waals surface area contributed by atoms with E-state index >= 15 is 0 Å². The molecule has 19 heavy (non-hydrogen) atoms. The van der Waals surface area contributed by atoms with Crippen LogP contribution in [-0.4, -0.2) is 21.1 Å². The van der Waals surface area contributed by atoms with Gasteiger partial charge in [0, 0.05) is 26.0 Å². The molecule has 0 saturated carbocycles. The maximum absolute atomic E-state index is 4.58. The number of anilines is 1. The molecule has 0 aliphatic heterocycles. The molecule has 2 aromatic heterocycles. The van der Waals surface area contributed by atoms with E-state index in [-0.39, 0.29) is 0 Å². The van der Waals surface area contributed by atoms with Gasteiger partial charge >= 0.3 is 0 Å². The summed E-state index contributed by atoms with van der Waals surface area (Å²) in [7, 11) is 2.03. The maximum atomic E-state index is 4.58. The summed E-state index contributed by atoms with van der Waals surface area (Å²) in [6.07, 6.45) is 4.63. The maximum Gasteiger partial charge on any atom is 0.203 e. The van der Waals surface area contributed by atoms with Gasteiger partial charge in [0.1, 0.15) is 0 Å². The minimum absolute atomic E-state index is 0.850. The molecule has 0 aliphatic carbocycles. The Bertz CT molecular complexity index is 673. The largest absolute Gasteiger partial charge is 0.355 e. The van der Waals surface area contributed by atoms with Crippen LogP contribution in [0.2, 0.25) is 0 Å². The highest BCUT2D eigenvalue weighted by Crippen LogP contribution is 2.17. The summed E-state index contributed by atoms with van der Waals surface area (Å²) in [5, 5.41) is 3.37. The molecule has 0 radical (unpaired) electrons. The molecule has 4 heteroatoms. The molecule has 0 fully saturated rings. The van der Waals surface area contributed by atoms with Crippen LogP contribution < -0.4 is 5.32 Å². The van der Waals surface area contributed by atoms with Gasteiger partial charge in [0.2, 0.25) is 5.95 Å². The van der Waals surface area contributed by atoms with Crippen molar-refractivity contribution in [3.8, 4) is 0 Å². The van der Waals surface area contributed by atoms with Crippen molar-refractivity contribution in [1.82, 2.24) is 14.5 Å². The smallest absolute Gasteiger partial charge is 0.203 e. The van der Waals surface area contributed by atoms with Gasteiger partial charge in [-0.05, 0) is 30.2 Å². The zero-order valence-corrected chi connectivity index (χ0v) is 10.9. The van der Waals surface area contributed by atoms with Crippen molar-refractivity contribution in [3.63, 3.8) is 0 Å². The minimum Gasteiger partial charge on any atom is -0.355 e. The van der Waals surface area contributed by atoms with Crippen molar-refractivity contribution in [2.45, 2.75) is 6.42 Å². The molecule has 0 atom stereocenters. The van der Waals surface area contributed by atoms with Crippen LogP contribution in [0.1, 0.15) is 5.56 Å². The van der Waals surface area contributed by atoms with Gasteiger partial charge in [0.05, 0.1) is 11.0 Å². The molecule has 0 unspecified atom stereocenters. The molecule has 96 valence electrons. The van der Waals surface area contributed by atoms with Gasteiger partial charge in [-0.2, -0.15) is 0 Å². The SMILES string of the molecule is Cn1c(NCCc2cccnc2)nc2ccccc21. The first-order valence-corrected chi connectivity index (χ1v) is 6.39. The van der Waals surface area contributed by atoms with E-state index < -0.39 is 0 Å². The summed E-state index contributed by atoms with van der Waals surface area (Å²) < 4.78 is 2.08. The number of fused-ring (bicyclic) bond motifs is 1. The summed E-state index contributed by atoms with van der Waals surface area (Å²) in [4.78, 5) is 8.69. The first-order chi connectivity index (χ1) is 9.34. The molecule has 1 N–H and O–H groups in total. The third-order valence-electron chi connectivity index (χ3n) is 3.21. The quantitative estimate of drug-likeness (QED) is 0.776. The normalized spacial score (nSPS) is 10.8. The van der Waals surface area contributed by atoms with Gasteiger partial charge in [0.25, 0.3) is 0 Å². The van der Waals surface area contributed by atoms with E-state index in [1.807, 2.05) is 37.5 Å². The Morgan fingerprint density at radius 2 is 2.05 bits per heavy atom. The highest BCUT2D eigenvalue weighted by atomic mass is 15.2. The minimum atomic E-state index is 0.850. The summed E-state index contributed by atoms with van der Waals surface area (Å²) in [5.41, 5.74) is 3.40. The topological polar surface area (TPSA) is 42.7 Å². The Kier molecular flexibility index (Phi) is 3.14. The Hall–Kier alpha value is -2.36. The molecule has 4 nitrogen and oxygen atoms in total. The lowest BCUT2D eigenvalue weighted by Crippen LogP contribution is -2.09. The van der Waals surface area contributed by atoms with Gasteiger partial charge in [-0.1, -0.05) is 18.2 Å². The van der Waals surface area contributed by atoms with E-state index in [2.05, 4.69) is 32.0 Å². The number of rotatable bonds is 4. The number of nitrogens with one attached hydrogen (secondary N) is 1. The number of hydrogen-bond donors (Lipinski definition) is 1. The Morgan fingerprint density at radius 3 is 2.84 bits per heavy atom. The standard InChI is InChI=1S/C15H16N4/c1-19-14-7-3-2-6-13(14)18-15(19)17-10-8-12-5-4-9-16-11-12/h2-7,9,11H,8,10H2,1H3,(H,17,18). The fourth-order valence-corrected chi connectivity index (χ4v) is 2.17. The number of aromatic nitrogens is 3. The molecule has 0 saturated heterocycles. The van der Waals surface area contributed by atoms with E-state index in [0.29, 0.717) is 0 Å². The van der Waals surface area contributed by atoms with E-state index in [1.54, 1.807) is 6.20 Å². The predicted octanol–water partition coefficient (Wildman–Crippen LogP) is 2.62. The van der Waals surface area contributed by atoms with E-state index in [9.17, 15) is 0 Å². The van der Waals surface area contributed by atoms with Crippen molar-refractivity contribution in [3.05, 3.63) is 54.4 Å². The van der Waals surface area contributed by atoms with Crippen LogP contribution in [0, 0.1) is 0 Å². The van der Waals surface area contributed by atoms with Crippen molar-refractivity contribution < 1.29 is 0 Å². The number of pyridine rings is 1. The van der Waals surface area contributed by atoms with Crippen LogP contribution in [0.4, 0.5) is 5.95 Å². The molecular weight excluding hydrogens is 236 g/mol. The average Bonchev–Trinajstić information content (AvgIpc) is 2.78. The lowest BCUT2D eigenvalue weighted by molar-refractivity contribution is 0.909. The number of imidazole rings is 1. The van der Waals surface area contributed by atoms with Gasteiger partial charge in [-0.15, -0.1) is 0 Å². The first-order valence-electron chi connectivity index (χ1n) is 6.39. The number of hydrogen-bond acceptors (Lipinski definition) is 3. The molecular formula is C15H16N4. The van der Waals surface area contributed by atoms with E-state index in [1.165, 1.54) is 5.56 Å². The fourth-order valence-electron chi connectivity index (χ4n) is 2.17. The van der Waals surface area contributed by atoms with Gasteiger partial charge in [-0.3, -0.25) is 4.98 Å². The second-order valence-corrected chi connectivity index (χ2v) is 4.52. The third-order valence-corrected chi connectivity index (χ3v) is 3.21. The average molecular weight is 252 g/mol. The molecule has 1 aromatic carbocycles. The van der Waals surface area contributed by atoms with Crippen molar-refractivity contribution in [2.75, 3.05) is 11.9 Å². The van der Waals surface area contributed by atoms with Crippen LogP contribution in [-0.2, 0) is 13.5 Å². The van der Waals surface area contributed by atoms with Crippen LogP contribution >= 0.6 is 0 Å². The summed E-state index contributed by atoms with van der Waals surface area (Å²) in [6, 6.07) is 12.2. The molecule has 0 aliphatic rings. The number of para-hydroxylation sites is 2. The van der Waals surface area contributed by atoms with E-state index in [4.69, 9.17) is 0 Å². The second kappa shape index (κ2) is 5.10. The summed E-state index contributed by atoms with van der Waals surface area (Å²) >= 11 is 0. The van der Waals surface area contributed by atoms with Crippen molar-refractivity contribution in [1.29, 1.82) is 0 Å². The van der Waals surface area contributed by atoms with Gasteiger partial charge in [0.15, 0.2) is 0 Å². The summed E-state index contributed by atoms with van der Waals surface area (Å²) in [6.45, 7) is 0.850. The lowest BCUT2D eigenvalue weighted by Gasteiger charge is -2.05. The number of aryl methyl sites for hydroxylation is 1. The first kappa shape index (κ1) is 11.7. The molecule has 0 bridgehead atoms. The predicted molar refractivity (Wildman–Crippen MR) is 77.1 cm³/mol.